The van der Waals surface area contributed by atoms with E-state index in [-0.39, 0.29) is 12.8 Å². The number of rotatable bonds is 0. The summed E-state index contributed by atoms with van der Waals surface area (Å²) >= 11 is 0. The molecule has 0 radical (unpaired) electrons. The van der Waals surface area contributed by atoms with Crippen LogP contribution in [-0.4, -0.2) is 13.1 Å². The van der Waals surface area contributed by atoms with Crippen LogP contribution < -0.4 is 5.32 Å². The first-order valence-electron chi connectivity index (χ1n) is 3.51. The zero-order valence-corrected chi connectivity index (χ0v) is 3.78. The smallest absolute Gasteiger partial charge is 0.0280 e. The van der Waals surface area contributed by atoms with E-state index >= 15 is 0 Å². The molecule has 1 heterocycles. The van der Waals surface area contributed by atoms with Gasteiger partial charge < -0.3 is 5.32 Å². The van der Waals surface area contributed by atoms with Gasteiger partial charge in [0.15, 0.2) is 0 Å². The second kappa shape index (κ2) is 2.19. The van der Waals surface area contributed by atoms with Crippen LogP contribution in [0.3, 0.4) is 0 Å². The summed E-state index contributed by atoms with van der Waals surface area (Å²) in [5.41, 5.74) is 0. The Morgan fingerprint density at radius 2 is 2.33 bits per heavy atom. The maximum atomic E-state index is 7.25. The lowest BCUT2D eigenvalue weighted by Gasteiger charge is -2.08. The van der Waals surface area contributed by atoms with Gasteiger partial charge in [-0.15, -0.1) is 0 Å². The first-order chi connectivity index (χ1) is 3.80. The molecule has 6 heavy (non-hydrogen) atoms. The molecule has 0 spiro atoms. The predicted molar refractivity (Wildman–Crippen MR) is 26.7 cm³/mol. The van der Waals surface area contributed by atoms with Crippen LogP contribution >= 0.6 is 0 Å². The largest absolute Gasteiger partial charge is 0.317 e. The zero-order valence-electron chi connectivity index (χ0n) is 5.78. The number of piperidine rings is 1. The summed E-state index contributed by atoms with van der Waals surface area (Å²) in [6.45, 7) is 1.62. The molecule has 1 fully saturated rings. The molecule has 2 unspecified atom stereocenters. The van der Waals surface area contributed by atoms with Gasteiger partial charge >= 0.3 is 0 Å². The van der Waals surface area contributed by atoms with Gasteiger partial charge in [0.25, 0.3) is 0 Å². The summed E-state index contributed by atoms with van der Waals surface area (Å²) in [6, 6.07) is 0. The SMILES string of the molecule is [2H]C1CCNCC1[2H]. The fraction of sp³-hybridized carbons (Fsp3) is 1.00. The Hall–Kier alpha value is -0.0400. The van der Waals surface area contributed by atoms with Crippen molar-refractivity contribution in [3.05, 3.63) is 0 Å². The maximum Gasteiger partial charge on any atom is 0.0280 e. The van der Waals surface area contributed by atoms with Gasteiger partial charge in [0.1, 0.15) is 0 Å². The highest BCUT2D eigenvalue weighted by Gasteiger charge is 1.93. The van der Waals surface area contributed by atoms with Gasteiger partial charge in [-0.05, 0) is 25.9 Å². The first-order valence-corrected chi connectivity index (χ1v) is 2.36. The zero-order chi connectivity index (χ0) is 5.98. The third kappa shape index (κ3) is 0.977. The fourth-order valence-electron chi connectivity index (χ4n) is 0.572. The lowest BCUT2D eigenvalue weighted by molar-refractivity contribution is 0.520. The van der Waals surface area contributed by atoms with E-state index in [1.165, 1.54) is 0 Å². The predicted octanol–water partition coefficient (Wildman–Crippen LogP) is 0.760. The van der Waals surface area contributed by atoms with Crippen LogP contribution in [0.4, 0.5) is 0 Å². The van der Waals surface area contributed by atoms with E-state index in [9.17, 15) is 0 Å². The molecular weight excluding hydrogens is 74.1 g/mol. The molecule has 0 aromatic heterocycles. The molecular formula is C5H11N. The van der Waals surface area contributed by atoms with Gasteiger partial charge in [-0.25, -0.2) is 0 Å². The average Bonchev–Trinajstić information content (AvgIpc) is 1.77. The van der Waals surface area contributed by atoms with E-state index < -0.39 is 0 Å². The topological polar surface area (TPSA) is 12.0 Å². The monoisotopic (exact) mass is 87.1 g/mol. The Kier molecular flexibility index (Phi) is 0.845. The molecule has 0 amide bonds. The van der Waals surface area contributed by atoms with Crippen LogP contribution in [0.25, 0.3) is 0 Å². The van der Waals surface area contributed by atoms with Crippen molar-refractivity contribution in [2.24, 2.45) is 0 Å². The van der Waals surface area contributed by atoms with Gasteiger partial charge in [0.2, 0.25) is 0 Å². The molecule has 0 aromatic rings. The second-order valence-electron chi connectivity index (χ2n) is 1.46. The highest BCUT2D eigenvalue weighted by Crippen LogP contribution is 1.96. The van der Waals surface area contributed by atoms with Crippen LogP contribution in [0, 0.1) is 0 Å². The van der Waals surface area contributed by atoms with Crippen LogP contribution in [0.1, 0.15) is 22.0 Å². The van der Waals surface area contributed by atoms with E-state index in [0.717, 1.165) is 13.0 Å². The van der Waals surface area contributed by atoms with Gasteiger partial charge in [-0.2, -0.15) is 0 Å². The van der Waals surface area contributed by atoms with Crippen LogP contribution in [0.2, 0.25) is 0 Å². The molecule has 2 atom stereocenters. The molecule has 1 aliphatic heterocycles. The third-order valence-corrected chi connectivity index (χ3v) is 0.917. The van der Waals surface area contributed by atoms with E-state index in [0.29, 0.717) is 6.54 Å². The molecule has 1 N–H and O–H groups in total. The summed E-state index contributed by atoms with van der Waals surface area (Å²) < 4.78 is 14.5. The van der Waals surface area contributed by atoms with Crippen molar-refractivity contribution in [3.8, 4) is 0 Å². The van der Waals surface area contributed by atoms with Crippen molar-refractivity contribution in [3.63, 3.8) is 0 Å². The van der Waals surface area contributed by atoms with Crippen molar-refractivity contribution >= 4 is 0 Å². The summed E-state index contributed by atoms with van der Waals surface area (Å²) in [5, 5.41) is 3.06. The van der Waals surface area contributed by atoms with Gasteiger partial charge in [0, 0.05) is 2.74 Å². The summed E-state index contributed by atoms with van der Waals surface area (Å²) in [5.74, 6) is 0. The number of hydrogen-bond acceptors (Lipinski definition) is 1. The van der Waals surface area contributed by atoms with Crippen molar-refractivity contribution < 1.29 is 2.74 Å². The van der Waals surface area contributed by atoms with Crippen molar-refractivity contribution in [1.29, 1.82) is 0 Å². The second-order valence-corrected chi connectivity index (χ2v) is 1.46. The van der Waals surface area contributed by atoms with E-state index in [1.807, 2.05) is 0 Å². The normalized spacial score (nSPS) is 53.3. The highest BCUT2D eigenvalue weighted by atomic mass is 14.9. The average molecular weight is 87.2 g/mol. The van der Waals surface area contributed by atoms with Gasteiger partial charge in [0.05, 0.1) is 0 Å². The van der Waals surface area contributed by atoms with Gasteiger partial charge in [-0.1, -0.05) is 6.40 Å². The van der Waals surface area contributed by atoms with Crippen molar-refractivity contribution in [1.82, 2.24) is 5.32 Å². The van der Waals surface area contributed by atoms with Crippen molar-refractivity contribution in [2.75, 3.05) is 13.1 Å². The maximum absolute atomic E-state index is 7.25. The molecule has 1 rings (SSSR count). The quantitative estimate of drug-likeness (QED) is 0.460. The Bertz CT molecular complexity index is 66.8. The summed E-state index contributed by atoms with van der Waals surface area (Å²) in [7, 11) is 0. The van der Waals surface area contributed by atoms with E-state index in [4.69, 9.17) is 2.74 Å². The minimum absolute atomic E-state index is 0.142. The number of nitrogens with one attached hydrogen (secondary N) is 1. The summed E-state index contributed by atoms with van der Waals surface area (Å²) in [4.78, 5) is 0. The Morgan fingerprint density at radius 1 is 1.33 bits per heavy atom. The lowest BCUT2D eigenvalue weighted by Crippen LogP contribution is -2.21. The first kappa shape index (κ1) is 2.31. The molecule has 1 heteroatoms. The molecule has 0 saturated carbocycles. The Labute approximate surface area is 41.6 Å². The molecule has 1 saturated heterocycles. The minimum atomic E-state index is -0.191. The van der Waals surface area contributed by atoms with Crippen LogP contribution in [0.15, 0.2) is 0 Å². The van der Waals surface area contributed by atoms with Crippen LogP contribution in [-0.2, 0) is 0 Å². The fourth-order valence-corrected chi connectivity index (χ4v) is 0.572. The van der Waals surface area contributed by atoms with E-state index in [2.05, 4.69) is 5.32 Å². The number of hydrogen-bond donors (Lipinski definition) is 1. The molecule has 0 bridgehead atoms. The Morgan fingerprint density at radius 3 is 2.83 bits per heavy atom. The molecule has 0 aliphatic carbocycles. The van der Waals surface area contributed by atoms with E-state index in [1.54, 1.807) is 0 Å². The summed E-state index contributed by atoms with van der Waals surface area (Å²) in [6.07, 6.45) is 0.508. The molecule has 0 aromatic carbocycles. The molecule has 1 nitrogen and oxygen atoms in total. The minimum Gasteiger partial charge on any atom is -0.317 e. The highest BCUT2D eigenvalue weighted by molar-refractivity contribution is 4.55. The molecule has 1 aliphatic rings. The third-order valence-electron chi connectivity index (χ3n) is 0.917. The standard InChI is InChI=1S/C5H11N/c1-2-4-6-5-3-1/h6H,1-5H2/i1D,2D. The Balaban J connectivity index is 2.28. The molecule has 36 valence electrons. The lowest BCUT2D eigenvalue weighted by atomic mass is 10.2. The van der Waals surface area contributed by atoms with Crippen LogP contribution in [0.5, 0.6) is 0 Å². The van der Waals surface area contributed by atoms with Crippen molar-refractivity contribution in [2.45, 2.75) is 19.2 Å². The van der Waals surface area contributed by atoms with Gasteiger partial charge in [-0.3, -0.25) is 0 Å².